The van der Waals surface area contributed by atoms with E-state index >= 15 is 0 Å². The Labute approximate surface area is 121 Å². The summed E-state index contributed by atoms with van der Waals surface area (Å²) in [5.74, 6) is 0. The van der Waals surface area contributed by atoms with E-state index in [1.807, 2.05) is 6.07 Å². The van der Waals surface area contributed by atoms with Crippen molar-refractivity contribution in [2.45, 2.75) is 46.3 Å². The van der Waals surface area contributed by atoms with Gasteiger partial charge in [0.25, 0.3) is 0 Å². The Morgan fingerprint density at radius 1 is 1.10 bits per heavy atom. The molecule has 0 fully saturated rings. The smallest absolute Gasteiger partial charge is 0.0708 e. The molecule has 3 nitrogen and oxygen atoms in total. The van der Waals surface area contributed by atoms with Crippen LogP contribution in [0.25, 0.3) is 10.9 Å². The number of rotatable bonds is 6. The fourth-order valence-corrected chi connectivity index (χ4v) is 2.31. The minimum absolute atomic E-state index is 0.449. The molecule has 108 valence electrons. The van der Waals surface area contributed by atoms with E-state index in [9.17, 15) is 0 Å². The first-order chi connectivity index (χ1) is 9.56. The third-order valence-corrected chi connectivity index (χ3v) is 3.40. The highest BCUT2D eigenvalue weighted by molar-refractivity contribution is 5.82. The summed E-state index contributed by atoms with van der Waals surface area (Å²) in [6.07, 6.45) is 0. The fraction of sp³-hybridized carbons (Fsp3) is 0.471. The molecule has 0 aliphatic rings. The molecule has 0 saturated carbocycles. The third kappa shape index (κ3) is 4.02. The largest absolute Gasteiger partial charge is 0.313 e. The normalized spacial score (nSPS) is 13.1. The SMILES string of the molecule is Cc1cc(CNC(C)CNC(C)C)c2ccccc2n1. The predicted molar refractivity (Wildman–Crippen MR) is 85.9 cm³/mol. The van der Waals surface area contributed by atoms with E-state index in [1.165, 1.54) is 10.9 Å². The number of hydrogen-bond acceptors (Lipinski definition) is 3. The maximum absolute atomic E-state index is 4.58. The zero-order valence-corrected chi connectivity index (χ0v) is 12.9. The number of benzene rings is 1. The molecule has 2 N–H and O–H groups in total. The van der Waals surface area contributed by atoms with Crippen molar-refractivity contribution >= 4 is 10.9 Å². The van der Waals surface area contributed by atoms with Crippen LogP contribution in [0.2, 0.25) is 0 Å². The summed E-state index contributed by atoms with van der Waals surface area (Å²) in [7, 11) is 0. The van der Waals surface area contributed by atoms with Gasteiger partial charge >= 0.3 is 0 Å². The van der Waals surface area contributed by atoms with Crippen LogP contribution >= 0.6 is 0 Å². The van der Waals surface area contributed by atoms with Gasteiger partial charge in [0.05, 0.1) is 5.52 Å². The van der Waals surface area contributed by atoms with Crippen molar-refractivity contribution in [3.8, 4) is 0 Å². The molecule has 1 aromatic carbocycles. The fourth-order valence-electron chi connectivity index (χ4n) is 2.31. The number of fused-ring (bicyclic) bond motifs is 1. The van der Waals surface area contributed by atoms with E-state index in [4.69, 9.17) is 0 Å². The van der Waals surface area contributed by atoms with Crippen LogP contribution in [0.1, 0.15) is 32.0 Å². The van der Waals surface area contributed by atoms with Gasteiger partial charge in [0.15, 0.2) is 0 Å². The van der Waals surface area contributed by atoms with E-state index in [1.54, 1.807) is 0 Å². The first-order valence-corrected chi connectivity index (χ1v) is 7.38. The summed E-state index contributed by atoms with van der Waals surface area (Å²) in [6, 6.07) is 11.5. The Balaban J connectivity index is 2.06. The van der Waals surface area contributed by atoms with E-state index < -0.39 is 0 Å². The zero-order valence-electron chi connectivity index (χ0n) is 12.9. The lowest BCUT2D eigenvalue weighted by Crippen LogP contribution is -2.38. The van der Waals surface area contributed by atoms with Gasteiger partial charge in [-0.25, -0.2) is 0 Å². The van der Waals surface area contributed by atoms with Gasteiger partial charge in [-0.15, -0.1) is 0 Å². The van der Waals surface area contributed by atoms with Crippen molar-refractivity contribution in [1.82, 2.24) is 15.6 Å². The quantitative estimate of drug-likeness (QED) is 0.848. The lowest BCUT2D eigenvalue weighted by molar-refractivity contribution is 0.474. The van der Waals surface area contributed by atoms with Crippen LogP contribution in [-0.2, 0) is 6.54 Å². The molecule has 1 atom stereocenters. The average molecular weight is 271 g/mol. The van der Waals surface area contributed by atoms with Crippen LogP contribution in [0.5, 0.6) is 0 Å². The molecule has 3 heteroatoms. The molecule has 0 aliphatic carbocycles. The number of pyridine rings is 1. The standard InChI is InChI=1S/C17H25N3/c1-12(2)18-10-14(4)19-11-15-9-13(3)20-17-8-6-5-7-16(15)17/h5-9,12,14,18-19H,10-11H2,1-4H3. The van der Waals surface area contributed by atoms with Crippen molar-refractivity contribution in [3.63, 3.8) is 0 Å². The number of nitrogens with one attached hydrogen (secondary N) is 2. The number of aryl methyl sites for hydroxylation is 1. The maximum atomic E-state index is 4.58. The third-order valence-electron chi connectivity index (χ3n) is 3.40. The van der Waals surface area contributed by atoms with Crippen molar-refractivity contribution in [2.24, 2.45) is 0 Å². The molecule has 1 unspecified atom stereocenters. The Kier molecular flexibility index (Phi) is 5.10. The predicted octanol–water partition coefficient (Wildman–Crippen LogP) is 3.02. The van der Waals surface area contributed by atoms with Gasteiger partial charge < -0.3 is 10.6 Å². The van der Waals surface area contributed by atoms with Gasteiger partial charge in [-0.1, -0.05) is 32.0 Å². The Morgan fingerprint density at radius 2 is 1.85 bits per heavy atom. The van der Waals surface area contributed by atoms with Gasteiger partial charge in [-0.3, -0.25) is 4.98 Å². The van der Waals surface area contributed by atoms with E-state index in [0.29, 0.717) is 12.1 Å². The highest BCUT2D eigenvalue weighted by atomic mass is 15.0. The van der Waals surface area contributed by atoms with Crippen LogP contribution in [-0.4, -0.2) is 23.6 Å². The van der Waals surface area contributed by atoms with E-state index in [0.717, 1.165) is 24.3 Å². The lowest BCUT2D eigenvalue weighted by Gasteiger charge is -2.17. The van der Waals surface area contributed by atoms with Gasteiger partial charge in [0.2, 0.25) is 0 Å². The van der Waals surface area contributed by atoms with Crippen molar-refractivity contribution < 1.29 is 0 Å². The molecule has 0 bridgehead atoms. The molecule has 2 aromatic rings. The molecule has 0 amide bonds. The highest BCUT2D eigenvalue weighted by Gasteiger charge is 2.06. The number of para-hydroxylation sites is 1. The Bertz CT molecular complexity index is 563. The number of nitrogens with zero attached hydrogens (tertiary/aromatic N) is 1. The van der Waals surface area contributed by atoms with Crippen LogP contribution in [0.4, 0.5) is 0 Å². The monoisotopic (exact) mass is 271 g/mol. The minimum Gasteiger partial charge on any atom is -0.313 e. The molecule has 1 aromatic heterocycles. The molecule has 0 aliphatic heterocycles. The molecule has 0 radical (unpaired) electrons. The van der Waals surface area contributed by atoms with E-state index in [2.05, 4.69) is 67.6 Å². The molecule has 2 rings (SSSR count). The summed E-state index contributed by atoms with van der Waals surface area (Å²) in [5, 5.41) is 8.28. The topological polar surface area (TPSA) is 37.0 Å². The molecule has 20 heavy (non-hydrogen) atoms. The number of hydrogen-bond donors (Lipinski definition) is 2. The zero-order chi connectivity index (χ0) is 14.5. The summed E-state index contributed by atoms with van der Waals surface area (Å²) < 4.78 is 0. The van der Waals surface area contributed by atoms with Gasteiger partial charge in [-0.2, -0.15) is 0 Å². The molecular formula is C17H25N3. The summed E-state index contributed by atoms with van der Waals surface area (Å²) in [6.45, 7) is 10.5. The summed E-state index contributed by atoms with van der Waals surface area (Å²) in [4.78, 5) is 4.58. The summed E-state index contributed by atoms with van der Waals surface area (Å²) >= 11 is 0. The van der Waals surface area contributed by atoms with Gasteiger partial charge in [-0.05, 0) is 31.5 Å². The average Bonchev–Trinajstić information content (AvgIpc) is 2.42. The van der Waals surface area contributed by atoms with Crippen molar-refractivity contribution in [1.29, 1.82) is 0 Å². The molecular weight excluding hydrogens is 246 g/mol. The van der Waals surface area contributed by atoms with Crippen LogP contribution in [0.3, 0.4) is 0 Å². The molecule has 0 spiro atoms. The van der Waals surface area contributed by atoms with Gasteiger partial charge in [0.1, 0.15) is 0 Å². The van der Waals surface area contributed by atoms with Crippen LogP contribution in [0.15, 0.2) is 30.3 Å². The molecule has 0 saturated heterocycles. The summed E-state index contributed by atoms with van der Waals surface area (Å²) in [5.41, 5.74) is 3.48. The Morgan fingerprint density at radius 3 is 2.60 bits per heavy atom. The van der Waals surface area contributed by atoms with Crippen molar-refractivity contribution in [2.75, 3.05) is 6.54 Å². The van der Waals surface area contributed by atoms with Gasteiger partial charge in [0, 0.05) is 36.3 Å². The molecule has 1 heterocycles. The first kappa shape index (κ1) is 14.9. The highest BCUT2D eigenvalue weighted by Crippen LogP contribution is 2.18. The van der Waals surface area contributed by atoms with E-state index in [-0.39, 0.29) is 0 Å². The Hall–Kier alpha value is -1.45. The maximum Gasteiger partial charge on any atom is 0.0708 e. The van der Waals surface area contributed by atoms with Crippen LogP contribution < -0.4 is 10.6 Å². The second kappa shape index (κ2) is 6.82. The second-order valence-corrected chi connectivity index (χ2v) is 5.78. The van der Waals surface area contributed by atoms with Crippen LogP contribution in [0, 0.1) is 6.92 Å². The first-order valence-electron chi connectivity index (χ1n) is 7.38. The van der Waals surface area contributed by atoms with Crippen molar-refractivity contribution in [3.05, 3.63) is 41.6 Å². The number of aromatic nitrogens is 1. The minimum atomic E-state index is 0.449. The lowest BCUT2D eigenvalue weighted by atomic mass is 10.1. The second-order valence-electron chi connectivity index (χ2n) is 5.78.